The number of hydrogen-bond donors (Lipinski definition) is 1. The molecule has 23 heavy (non-hydrogen) atoms. The summed E-state index contributed by atoms with van der Waals surface area (Å²) in [6.45, 7) is 4.55. The van der Waals surface area contributed by atoms with Crippen LogP contribution in [-0.2, 0) is 6.42 Å². The van der Waals surface area contributed by atoms with Gasteiger partial charge < -0.3 is 19.5 Å². The van der Waals surface area contributed by atoms with Gasteiger partial charge in [0.15, 0.2) is 0 Å². The van der Waals surface area contributed by atoms with Gasteiger partial charge >= 0.3 is 0 Å². The molecule has 1 aromatic heterocycles. The number of nitrogens with zero attached hydrogens (tertiary/aromatic N) is 2. The number of rotatable bonds is 7. The molecule has 0 atom stereocenters. The van der Waals surface area contributed by atoms with E-state index < -0.39 is 0 Å². The monoisotopic (exact) mass is 317 g/mol. The second kappa shape index (κ2) is 7.67. The lowest BCUT2D eigenvalue weighted by Gasteiger charge is -2.16. The Labute approximate surface area is 136 Å². The number of benzene rings is 1. The van der Waals surface area contributed by atoms with Crippen molar-refractivity contribution in [1.82, 2.24) is 9.97 Å². The maximum absolute atomic E-state index is 5.46. The van der Waals surface area contributed by atoms with Crippen molar-refractivity contribution in [2.24, 2.45) is 0 Å². The highest BCUT2D eigenvalue weighted by Crippen LogP contribution is 2.34. The van der Waals surface area contributed by atoms with Crippen LogP contribution >= 0.6 is 0 Å². The normalized spacial score (nSPS) is 10.3. The fourth-order valence-corrected chi connectivity index (χ4v) is 2.34. The summed E-state index contributed by atoms with van der Waals surface area (Å²) in [5, 5.41) is 3.32. The van der Waals surface area contributed by atoms with Crippen molar-refractivity contribution in [3.8, 4) is 17.2 Å². The quantitative estimate of drug-likeness (QED) is 0.847. The molecule has 0 aliphatic carbocycles. The van der Waals surface area contributed by atoms with E-state index in [1.165, 1.54) is 0 Å². The maximum atomic E-state index is 5.46. The lowest BCUT2D eigenvalue weighted by molar-refractivity contribution is 0.369. The molecular formula is C17H23N3O3. The zero-order chi connectivity index (χ0) is 16.8. The lowest BCUT2D eigenvalue weighted by atomic mass is 10.1. The standard InChI is InChI=1S/C17H23N3O3/c1-11-10-19-12(2)17(20-11)18-7-6-14-15(22-4)8-13(21-3)9-16(14)23-5/h8-10H,6-7H2,1-5H3,(H,18,20). The SMILES string of the molecule is COc1cc(OC)c(CCNc2nc(C)cnc2C)c(OC)c1. The average Bonchev–Trinajstić information content (AvgIpc) is 2.57. The van der Waals surface area contributed by atoms with Crippen LogP contribution in [0.5, 0.6) is 17.2 Å². The first kappa shape index (κ1) is 16.9. The minimum atomic E-state index is 0.692. The predicted octanol–water partition coefficient (Wildman–Crippen LogP) is 2.77. The fraction of sp³-hybridized carbons (Fsp3) is 0.412. The Hall–Kier alpha value is -2.50. The Morgan fingerprint density at radius 1 is 1.00 bits per heavy atom. The topological polar surface area (TPSA) is 65.5 Å². The third-order valence-corrected chi connectivity index (χ3v) is 3.56. The van der Waals surface area contributed by atoms with E-state index in [0.29, 0.717) is 12.3 Å². The van der Waals surface area contributed by atoms with E-state index in [1.54, 1.807) is 27.5 Å². The van der Waals surface area contributed by atoms with E-state index in [9.17, 15) is 0 Å². The van der Waals surface area contributed by atoms with Crippen LogP contribution in [0.4, 0.5) is 5.82 Å². The number of hydrogen-bond acceptors (Lipinski definition) is 6. The molecule has 0 spiro atoms. The van der Waals surface area contributed by atoms with Crippen molar-refractivity contribution >= 4 is 5.82 Å². The summed E-state index contributed by atoms with van der Waals surface area (Å²) in [5.74, 6) is 3.00. The molecule has 1 heterocycles. The Kier molecular flexibility index (Phi) is 5.62. The van der Waals surface area contributed by atoms with E-state index in [-0.39, 0.29) is 0 Å². The van der Waals surface area contributed by atoms with E-state index in [0.717, 1.165) is 40.7 Å². The van der Waals surface area contributed by atoms with Crippen LogP contribution in [0.2, 0.25) is 0 Å². The van der Waals surface area contributed by atoms with Gasteiger partial charge in [0.05, 0.1) is 32.7 Å². The molecule has 6 nitrogen and oxygen atoms in total. The Balaban J connectivity index is 2.15. The van der Waals surface area contributed by atoms with E-state index in [2.05, 4.69) is 15.3 Å². The highest BCUT2D eigenvalue weighted by Gasteiger charge is 2.13. The number of methoxy groups -OCH3 is 3. The molecule has 0 aliphatic heterocycles. The molecule has 0 radical (unpaired) electrons. The summed E-state index contributed by atoms with van der Waals surface area (Å²) in [7, 11) is 4.90. The Morgan fingerprint density at radius 2 is 1.65 bits per heavy atom. The van der Waals surface area contributed by atoms with Gasteiger partial charge in [-0.2, -0.15) is 0 Å². The van der Waals surface area contributed by atoms with Crippen LogP contribution in [0.1, 0.15) is 17.0 Å². The molecule has 0 saturated carbocycles. The van der Waals surface area contributed by atoms with Gasteiger partial charge in [-0.1, -0.05) is 0 Å². The van der Waals surface area contributed by atoms with Crippen LogP contribution in [0.25, 0.3) is 0 Å². The van der Waals surface area contributed by atoms with E-state index in [4.69, 9.17) is 14.2 Å². The number of anilines is 1. The van der Waals surface area contributed by atoms with Gasteiger partial charge in [-0.3, -0.25) is 4.98 Å². The van der Waals surface area contributed by atoms with Gasteiger partial charge in [0.2, 0.25) is 0 Å². The lowest BCUT2D eigenvalue weighted by Crippen LogP contribution is -2.10. The molecule has 0 saturated heterocycles. The second-order valence-electron chi connectivity index (χ2n) is 5.13. The molecular weight excluding hydrogens is 294 g/mol. The molecule has 0 unspecified atom stereocenters. The Morgan fingerprint density at radius 3 is 2.22 bits per heavy atom. The number of aryl methyl sites for hydroxylation is 2. The molecule has 6 heteroatoms. The highest BCUT2D eigenvalue weighted by atomic mass is 16.5. The fourth-order valence-electron chi connectivity index (χ4n) is 2.34. The van der Waals surface area contributed by atoms with Gasteiger partial charge in [0, 0.05) is 30.4 Å². The first-order valence-electron chi connectivity index (χ1n) is 7.42. The van der Waals surface area contributed by atoms with Crippen molar-refractivity contribution in [2.75, 3.05) is 33.2 Å². The summed E-state index contributed by atoms with van der Waals surface area (Å²) >= 11 is 0. The van der Waals surface area contributed by atoms with Crippen LogP contribution in [0, 0.1) is 13.8 Å². The van der Waals surface area contributed by atoms with E-state index in [1.807, 2.05) is 26.0 Å². The minimum Gasteiger partial charge on any atom is -0.496 e. The highest BCUT2D eigenvalue weighted by molar-refractivity contribution is 5.51. The molecule has 0 fully saturated rings. The summed E-state index contributed by atoms with van der Waals surface area (Å²) in [4.78, 5) is 8.76. The van der Waals surface area contributed by atoms with E-state index >= 15 is 0 Å². The van der Waals surface area contributed by atoms with Gasteiger partial charge in [-0.25, -0.2) is 4.98 Å². The first-order valence-corrected chi connectivity index (χ1v) is 7.42. The van der Waals surface area contributed by atoms with Crippen LogP contribution in [-0.4, -0.2) is 37.8 Å². The van der Waals surface area contributed by atoms with Crippen molar-refractivity contribution in [1.29, 1.82) is 0 Å². The van der Waals surface area contributed by atoms with Crippen molar-refractivity contribution in [3.63, 3.8) is 0 Å². The van der Waals surface area contributed by atoms with Crippen LogP contribution < -0.4 is 19.5 Å². The van der Waals surface area contributed by atoms with Gasteiger partial charge in [-0.15, -0.1) is 0 Å². The third kappa shape index (κ3) is 4.03. The predicted molar refractivity (Wildman–Crippen MR) is 89.8 cm³/mol. The Bertz CT molecular complexity index is 649. The molecule has 1 N–H and O–H groups in total. The average molecular weight is 317 g/mol. The molecule has 2 rings (SSSR count). The first-order chi connectivity index (χ1) is 11.1. The molecule has 0 aliphatic rings. The summed E-state index contributed by atoms with van der Waals surface area (Å²) < 4.78 is 16.2. The minimum absolute atomic E-state index is 0.692. The molecule has 0 amide bonds. The summed E-state index contributed by atoms with van der Waals surface area (Å²) in [6.07, 6.45) is 2.49. The van der Waals surface area contributed by atoms with Gasteiger partial charge in [0.1, 0.15) is 23.1 Å². The molecule has 124 valence electrons. The molecule has 1 aromatic carbocycles. The van der Waals surface area contributed by atoms with Gasteiger partial charge in [0.25, 0.3) is 0 Å². The van der Waals surface area contributed by atoms with Gasteiger partial charge in [-0.05, 0) is 20.3 Å². The zero-order valence-electron chi connectivity index (χ0n) is 14.3. The third-order valence-electron chi connectivity index (χ3n) is 3.56. The maximum Gasteiger partial charge on any atom is 0.147 e. The van der Waals surface area contributed by atoms with Crippen LogP contribution in [0.15, 0.2) is 18.3 Å². The smallest absolute Gasteiger partial charge is 0.147 e. The largest absolute Gasteiger partial charge is 0.496 e. The summed E-state index contributed by atoms with van der Waals surface area (Å²) in [5.41, 5.74) is 2.75. The number of aromatic nitrogens is 2. The van der Waals surface area contributed by atoms with Crippen LogP contribution in [0.3, 0.4) is 0 Å². The summed E-state index contributed by atoms with van der Waals surface area (Å²) in [6, 6.07) is 3.71. The van der Waals surface area contributed by atoms with Crippen molar-refractivity contribution in [2.45, 2.75) is 20.3 Å². The van der Waals surface area contributed by atoms with Crippen molar-refractivity contribution in [3.05, 3.63) is 35.3 Å². The van der Waals surface area contributed by atoms with Crippen molar-refractivity contribution < 1.29 is 14.2 Å². The number of ether oxygens (including phenoxy) is 3. The zero-order valence-corrected chi connectivity index (χ0v) is 14.3. The molecule has 2 aromatic rings. The second-order valence-corrected chi connectivity index (χ2v) is 5.13. The molecule has 0 bridgehead atoms. The number of nitrogens with one attached hydrogen (secondary N) is 1.